The maximum absolute atomic E-state index is 6.85. The lowest BCUT2D eigenvalue weighted by Gasteiger charge is -2.27. The van der Waals surface area contributed by atoms with Crippen molar-refractivity contribution in [1.82, 2.24) is 9.55 Å². The standard InChI is InChI=1S/C60H58N4O/c1-58(2,3)43-30-31-61-56(36-43)64-53-29-26-41(40-18-12-10-13-19-40)34-52(53)51-28-27-49(38-55(51)64)65-48-23-16-22-47(37-48)62-39-63(46-20-14-11-15-21-46)57-50(24-17-25-54(57)62)42-32-44(59(4,5)6)35-45(33-42)60(7,8)9/h10-38H,39H2,1-9H3. The molecule has 0 bridgehead atoms. The van der Waals surface area contributed by atoms with E-state index in [1.807, 2.05) is 6.20 Å². The fourth-order valence-electron chi connectivity index (χ4n) is 9.22. The number of aromatic nitrogens is 2. The molecule has 2 aromatic heterocycles. The van der Waals surface area contributed by atoms with Crippen LogP contribution in [0.2, 0.25) is 0 Å². The normalized spacial score (nSPS) is 13.2. The predicted molar refractivity (Wildman–Crippen MR) is 274 cm³/mol. The van der Waals surface area contributed by atoms with Crippen LogP contribution < -0.4 is 14.5 Å². The number of benzene rings is 7. The highest BCUT2D eigenvalue weighted by Crippen LogP contribution is 2.51. The second kappa shape index (κ2) is 15.8. The van der Waals surface area contributed by atoms with E-state index in [9.17, 15) is 0 Å². The molecule has 0 fully saturated rings. The molecule has 324 valence electrons. The Morgan fingerprint density at radius 1 is 0.446 bits per heavy atom. The van der Waals surface area contributed by atoms with Gasteiger partial charge >= 0.3 is 0 Å². The summed E-state index contributed by atoms with van der Waals surface area (Å²) < 4.78 is 9.14. The van der Waals surface area contributed by atoms with E-state index >= 15 is 0 Å². The third-order valence-corrected chi connectivity index (χ3v) is 13.0. The Morgan fingerprint density at radius 3 is 1.82 bits per heavy atom. The van der Waals surface area contributed by atoms with Gasteiger partial charge in [0.2, 0.25) is 0 Å². The third kappa shape index (κ3) is 7.94. The molecule has 0 atom stereocenters. The molecule has 0 amide bonds. The van der Waals surface area contributed by atoms with Crippen LogP contribution in [-0.2, 0) is 16.2 Å². The minimum absolute atomic E-state index is 0.000771. The van der Waals surface area contributed by atoms with Gasteiger partial charge in [0.05, 0.1) is 22.4 Å². The van der Waals surface area contributed by atoms with E-state index < -0.39 is 0 Å². The van der Waals surface area contributed by atoms with Crippen molar-refractivity contribution in [2.45, 2.75) is 78.6 Å². The number of hydrogen-bond donors (Lipinski definition) is 0. The molecule has 5 heteroatoms. The van der Waals surface area contributed by atoms with Gasteiger partial charge in [0.15, 0.2) is 0 Å². The number of ether oxygens (including phenoxy) is 1. The SMILES string of the molecule is CC(C)(C)c1cc(-c2cccc3c2N(c2ccccc2)CN3c2cccc(Oc3ccc4c5cc(-c6ccccc6)ccc5n(-c5cc(C(C)(C)C)ccn5)c4c3)c2)cc(C(C)(C)C)c1. The molecule has 9 aromatic rings. The molecular formula is C60H58N4O. The van der Waals surface area contributed by atoms with E-state index in [4.69, 9.17) is 9.72 Å². The molecule has 7 aromatic carbocycles. The molecule has 0 saturated heterocycles. The Morgan fingerprint density at radius 2 is 1.11 bits per heavy atom. The fraction of sp³-hybridized carbons (Fsp3) is 0.217. The zero-order valence-corrected chi connectivity index (χ0v) is 39.1. The lowest BCUT2D eigenvalue weighted by Crippen LogP contribution is -2.24. The van der Waals surface area contributed by atoms with Crippen LogP contribution in [0.5, 0.6) is 11.5 Å². The first kappa shape index (κ1) is 41.9. The summed E-state index contributed by atoms with van der Waals surface area (Å²) in [5.41, 5.74) is 15.4. The van der Waals surface area contributed by atoms with Crippen molar-refractivity contribution in [3.05, 3.63) is 193 Å². The molecule has 0 N–H and O–H groups in total. The molecule has 0 aliphatic carbocycles. The Kier molecular flexibility index (Phi) is 10.2. The third-order valence-electron chi connectivity index (χ3n) is 13.0. The van der Waals surface area contributed by atoms with Gasteiger partial charge in [-0.25, -0.2) is 4.98 Å². The van der Waals surface area contributed by atoms with Gasteiger partial charge in [-0.2, -0.15) is 0 Å². The van der Waals surface area contributed by atoms with Crippen molar-refractivity contribution in [1.29, 1.82) is 0 Å². The molecule has 0 radical (unpaired) electrons. The van der Waals surface area contributed by atoms with Gasteiger partial charge in [0.1, 0.15) is 24.0 Å². The van der Waals surface area contributed by atoms with Crippen LogP contribution >= 0.6 is 0 Å². The monoisotopic (exact) mass is 850 g/mol. The summed E-state index contributed by atoms with van der Waals surface area (Å²) in [5, 5.41) is 2.32. The lowest BCUT2D eigenvalue weighted by molar-refractivity contribution is 0.483. The van der Waals surface area contributed by atoms with Gasteiger partial charge < -0.3 is 14.5 Å². The second-order valence-electron chi connectivity index (χ2n) is 20.7. The molecule has 65 heavy (non-hydrogen) atoms. The fourth-order valence-corrected chi connectivity index (χ4v) is 9.22. The van der Waals surface area contributed by atoms with Gasteiger partial charge in [-0.3, -0.25) is 4.57 Å². The summed E-state index contributed by atoms with van der Waals surface area (Å²) in [5.74, 6) is 2.42. The van der Waals surface area contributed by atoms with Gasteiger partial charge in [-0.05, 0) is 116 Å². The lowest BCUT2D eigenvalue weighted by atomic mass is 9.78. The largest absolute Gasteiger partial charge is 0.457 e. The average molecular weight is 851 g/mol. The number of rotatable bonds is 7. The summed E-state index contributed by atoms with van der Waals surface area (Å²) >= 11 is 0. The molecule has 3 heterocycles. The minimum atomic E-state index is -0.0289. The van der Waals surface area contributed by atoms with Crippen molar-refractivity contribution in [3.8, 4) is 39.6 Å². The minimum Gasteiger partial charge on any atom is -0.457 e. The number of fused-ring (bicyclic) bond motifs is 4. The summed E-state index contributed by atoms with van der Waals surface area (Å²) in [6.07, 6.45) is 1.93. The summed E-state index contributed by atoms with van der Waals surface area (Å²) in [7, 11) is 0. The number of para-hydroxylation sites is 2. The number of nitrogens with zero attached hydrogens (tertiary/aromatic N) is 4. The van der Waals surface area contributed by atoms with Crippen LogP contribution in [0.1, 0.15) is 79.0 Å². The van der Waals surface area contributed by atoms with Crippen LogP contribution in [0.4, 0.5) is 22.7 Å². The van der Waals surface area contributed by atoms with Gasteiger partial charge in [-0.1, -0.05) is 153 Å². The van der Waals surface area contributed by atoms with E-state index in [0.717, 1.165) is 50.8 Å². The first-order chi connectivity index (χ1) is 31.1. The van der Waals surface area contributed by atoms with Gasteiger partial charge in [0.25, 0.3) is 0 Å². The molecule has 10 rings (SSSR count). The van der Waals surface area contributed by atoms with E-state index in [-0.39, 0.29) is 16.2 Å². The van der Waals surface area contributed by atoms with E-state index in [1.54, 1.807) is 0 Å². The molecule has 5 nitrogen and oxygen atoms in total. The smallest absolute Gasteiger partial charge is 0.137 e. The van der Waals surface area contributed by atoms with Crippen molar-refractivity contribution in [3.63, 3.8) is 0 Å². The van der Waals surface area contributed by atoms with E-state index in [2.05, 4.69) is 247 Å². The second-order valence-corrected chi connectivity index (χ2v) is 20.7. The molecular weight excluding hydrogens is 793 g/mol. The molecule has 1 aliphatic heterocycles. The maximum Gasteiger partial charge on any atom is 0.137 e. The van der Waals surface area contributed by atoms with E-state index in [1.165, 1.54) is 50.0 Å². The highest BCUT2D eigenvalue weighted by molar-refractivity contribution is 6.10. The Hall–Kier alpha value is -7.11. The van der Waals surface area contributed by atoms with Crippen molar-refractivity contribution >= 4 is 44.6 Å². The summed E-state index contributed by atoms with van der Waals surface area (Å²) in [4.78, 5) is 9.83. The zero-order chi connectivity index (χ0) is 45.3. The average Bonchev–Trinajstić information content (AvgIpc) is 3.85. The summed E-state index contributed by atoms with van der Waals surface area (Å²) in [6.45, 7) is 21.3. The maximum atomic E-state index is 6.85. The molecule has 0 unspecified atom stereocenters. The molecule has 0 saturated carbocycles. The van der Waals surface area contributed by atoms with Crippen LogP contribution in [-0.4, -0.2) is 16.2 Å². The predicted octanol–water partition coefficient (Wildman–Crippen LogP) is 16.4. The number of anilines is 4. The van der Waals surface area contributed by atoms with Crippen molar-refractivity contribution in [2.24, 2.45) is 0 Å². The highest BCUT2D eigenvalue weighted by atomic mass is 16.5. The Bertz CT molecular complexity index is 3180. The molecule has 0 spiro atoms. The topological polar surface area (TPSA) is 33.5 Å². The number of pyridine rings is 1. The van der Waals surface area contributed by atoms with Crippen LogP contribution in [0.3, 0.4) is 0 Å². The zero-order valence-electron chi connectivity index (χ0n) is 39.1. The quantitative estimate of drug-likeness (QED) is 0.160. The first-order valence-electron chi connectivity index (χ1n) is 22.9. The molecule has 1 aliphatic rings. The van der Waals surface area contributed by atoms with Crippen molar-refractivity contribution in [2.75, 3.05) is 16.5 Å². The van der Waals surface area contributed by atoms with Gasteiger partial charge in [0, 0.05) is 46.0 Å². The van der Waals surface area contributed by atoms with Gasteiger partial charge in [-0.15, -0.1) is 0 Å². The first-order valence-corrected chi connectivity index (χ1v) is 22.9. The highest BCUT2D eigenvalue weighted by Gasteiger charge is 2.32. The Balaban J connectivity index is 1.06. The number of hydrogen-bond acceptors (Lipinski definition) is 4. The van der Waals surface area contributed by atoms with Crippen molar-refractivity contribution < 1.29 is 4.74 Å². The van der Waals surface area contributed by atoms with E-state index in [0.29, 0.717) is 6.67 Å². The van der Waals surface area contributed by atoms with Crippen LogP contribution in [0.15, 0.2) is 176 Å². The summed E-state index contributed by atoms with van der Waals surface area (Å²) in [6, 6.07) is 61.4. The van der Waals surface area contributed by atoms with Crippen LogP contribution in [0.25, 0.3) is 49.9 Å². The Labute approximate surface area is 384 Å². The van der Waals surface area contributed by atoms with Crippen LogP contribution in [0, 0.1) is 0 Å².